The van der Waals surface area contributed by atoms with Gasteiger partial charge in [0.05, 0.1) is 12.1 Å². The summed E-state index contributed by atoms with van der Waals surface area (Å²) in [6.07, 6.45) is 15.0. The van der Waals surface area contributed by atoms with E-state index in [0.29, 0.717) is 12.1 Å². The quantitative estimate of drug-likeness (QED) is 0.454. The molecule has 1 N–H and O–H groups in total. The van der Waals surface area contributed by atoms with E-state index in [4.69, 9.17) is 9.73 Å². The lowest BCUT2D eigenvalue weighted by atomic mass is 9.95. The summed E-state index contributed by atoms with van der Waals surface area (Å²) in [6.45, 7) is 4.16. The first kappa shape index (κ1) is 18.7. The Kier molecular flexibility index (Phi) is 9.98. The van der Waals surface area contributed by atoms with Gasteiger partial charge in [-0.15, -0.1) is 0 Å². The SMILES string of the molecule is CC(C)OC(=NC1CCCCC1)NC1CCCCC1.CS. The number of hydrogen-bond acceptors (Lipinski definition) is 3. The fraction of sp³-hybridized carbons (Fsp3) is 0.941. The first-order valence-corrected chi connectivity index (χ1v) is 9.59. The molecular weight excluding hydrogens is 280 g/mol. The standard InChI is InChI=1S/C16H30N2O.CH4S/c1-13(2)19-16(17-14-9-5-3-6-10-14)18-15-11-7-4-8-12-15;1-2/h13-15H,3-12H2,1-2H3,(H,17,18);2H,1H3. The lowest BCUT2D eigenvalue weighted by Crippen LogP contribution is -2.39. The lowest BCUT2D eigenvalue weighted by Gasteiger charge is -2.27. The summed E-state index contributed by atoms with van der Waals surface area (Å²) in [5.41, 5.74) is 0. The van der Waals surface area contributed by atoms with Crippen molar-refractivity contribution in [2.24, 2.45) is 4.99 Å². The van der Waals surface area contributed by atoms with E-state index in [1.54, 1.807) is 6.26 Å². The minimum Gasteiger partial charge on any atom is -0.463 e. The lowest BCUT2D eigenvalue weighted by molar-refractivity contribution is 0.206. The van der Waals surface area contributed by atoms with Gasteiger partial charge >= 0.3 is 0 Å². The van der Waals surface area contributed by atoms with E-state index in [1.807, 2.05) is 0 Å². The normalized spacial score (nSPS) is 21.7. The number of nitrogens with one attached hydrogen (secondary N) is 1. The van der Waals surface area contributed by atoms with Crippen molar-refractivity contribution in [3.05, 3.63) is 0 Å². The van der Waals surface area contributed by atoms with Crippen LogP contribution in [0, 0.1) is 0 Å². The third-order valence-electron chi connectivity index (χ3n) is 4.15. The smallest absolute Gasteiger partial charge is 0.285 e. The molecule has 124 valence electrons. The molecule has 21 heavy (non-hydrogen) atoms. The van der Waals surface area contributed by atoms with Gasteiger partial charge in [-0.25, -0.2) is 4.99 Å². The average molecular weight is 315 g/mol. The molecule has 2 aliphatic carbocycles. The fourth-order valence-electron chi connectivity index (χ4n) is 3.12. The molecule has 0 bridgehead atoms. The third-order valence-corrected chi connectivity index (χ3v) is 4.15. The van der Waals surface area contributed by atoms with Crippen LogP contribution in [0.2, 0.25) is 0 Å². The van der Waals surface area contributed by atoms with Crippen molar-refractivity contribution >= 4 is 18.7 Å². The van der Waals surface area contributed by atoms with E-state index in [9.17, 15) is 0 Å². The van der Waals surface area contributed by atoms with Gasteiger partial charge in [-0.1, -0.05) is 38.5 Å². The monoisotopic (exact) mass is 314 g/mol. The molecule has 0 aromatic carbocycles. The van der Waals surface area contributed by atoms with Crippen molar-refractivity contribution in [2.45, 2.75) is 96.2 Å². The van der Waals surface area contributed by atoms with Crippen LogP contribution in [-0.4, -0.2) is 30.5 Å². The van der Waals surface area contributed by atoms with E-state index < -0.39 is 0 Å². The number of aliphatic imine (C=N–C) groups is 1. The molecule has 0 aromatic rings. The predicted molar refractivity (Wildman–Crippen MR) is 95.4 cm³/mol. The summed E-state index contributed by atoms with van der Waals surface area (Å²) < 4.78 is 5.89. The summed E-state index contributed by atoms with van der Waals surface area (Å²) in [4.78, 5) is 4.85. The van der Waals surface area contributed by atoms with E-state index in [2.05, 4.69) is 31.8 Å². The number of hydrogen-bond donors (Lipinski definition) is 2. The maximum atomic E-state index is 5.89. The summed E-state index contributed by atoms with van der Waals surface area (Å²) >= 11 is 3.53. The van der Waals surface area contributed by atoms with Gasteiger partial charge in [0.2, 0.25) is 0 Å². The Labute approximate surface area is 136 Å². The zero-order valence-electron chi connectivity index (χ0n) is 14.1. The van der Waals surface area contributed by atoms with Gasteiger partial charge in [-0.05, 0) is 45.8 Å². The van der Waals surface area contributed by atoms with E-state index in [0.717, 1.165) is 6.02 Å². The Morgan fingerprint density at radius 3 is 2.00 bits per heavy atom. The molecule has 3 nitrogen and oxygen atoms in total. The molecule has 2 fully saturated rings. The third kappa shape index (κ3) is 7.98. The van der Waals surface area contributed by atoms with E-state index in [-0.39, 0.29) is 6.10 Å². The van der Waals surface area contributed by atoms with Gasteiger partial charge in [0.1, 0.15) is 0 Å². The van der Waals surface area contributed by atoms with Gasteiger partial charge in [0.25, 0.3) is 6.02 Å². The molecule has 4 heteroatoms. The molecule has 0 atom stereocenters. The van der Waals surface area contributed by atoms with Crippen LogP contribution in [0.3, 0.4) is 0 Å². The van der Waals surface area contributed by atoms with Gasteiger partial charge in [0.15, 0.2) is 0 Å². The van der Waals surface area contributed by atoms with Crippen LogP contribution in [0.15, 0.2) is 4.99 Å². The molecule has 0 saturated heterocycles. The molecule has 0 amide bonds. The van der Waals surface area contributed by atoms with Crippen molar-refractivity contribution in [3.8, 4) is 0 Å². The second kappa shape index (κ2) is 11.2. The molecule has 0 aromatic heterocycles. The maximum Gasteiger partial charge on any atom is 0.285 e. The molecule has 0 unspecified atom stereocenters. The highest BCUT2D eigenvalue weighted by molar-refractivity contribution is 7.79. The highest BCUT2D eigenvalue weighted by Crippen LogP contribution is 2.21. The zero-order valence-corrected chi connectivity index (χ0v) is 15.0. The number of thiol groups is 1. The molecular formula is C17H34N2OS. The average Bonchev–Trinajstić information content (AvgIpc) is 2.50. The molecule has 0 heterocycles. The molecule has 2 aliphatic rings. The highest BCUT2D eigenvalue weighted by Gasteiger charge is 2.18. The summed E-state index contributed by atoms with van der Waals surface area (Å²) in [5.74, 6) is 0. The van der Waals surface area contributed by atoms with Gasteiger partial charge < -0.3 is 10.1 Å². The van der Waals surface area contributed by atoms with Crippen LogP contribution in [-0.2, 0) is 4.74 Å². The van der Waals surface area contributed by atoms with Crippen LogP contribution in [0.4, 0.5) is 0 Å². The summed E-state index contributed by atoms with van der Waals surface area (Å²) in [7, 11) is 0. The minimum atomic E-state index is 0.207. The Bertz CT molecular complexity index is 283. The Balaban J connectivity index is 0.00000106. The molecule has 0 radical (unpaired) electrons. The summed E-state index contributed by atoms with van der Waals surface area (Å²) in [6, 6.07) is 1.88. The molecule has 2 saturated carbocycles. The number of rotatable bonds is 3. The van der Waals surface area contributed by atoms with Crippen molar-refractivity contribution in [2.75, 3.05) is 6.26 Å². The predicted octanol–water partition coefficient (Wildman–Crippen LogP) is 4.57. The van der Waals surface area contributed by atoms with Gasteiger partial charge in [-0.2, -0.15) is 12.6 Å². The highest BCUT2D eigenvalue weighted by atomic mass is 32.1. The number of amidine groups is 1. The van der Waals surface area contributed by atoms with Crippen LogP contribution in [0.1, 0.15) is 78.1 Å². The minimum absolute atomic E-state index is 0.207. The van der Waals surface area contributed by atoms with Crippen LogP contribution in [0.25, 0.3) is 0 Å². The molecule has 2 rings (SSSR count). The van der Waals surface area contributed by atoms with Crippen molar-refractivity contribution in [3.63, 3.8) is 0 Å². The first-order chi connectivity index (χ1) is 10.2. The van der Waals surface area contributed by atoms with Gasteiger partial charge in [0, 0.05) is 6.04 Å². The van der Waals surface area contributed by atoms with Crippen LogP contribution in [0.5, 0.6) is 0 Å². The first-order valence-electron chi connectivity index (χ1n) is 8.70. The Hall–Kier alpha value is -0.380. The molecule has 0 aliphatic heterocycles. The van der Waals surface area contributed by atoms with Crippen LogP contribution < -0.4 is 5.32 Å². The second-order valence-corrected chi connectivity index (χ2v) is 6.37. The van der Waals surface area contributed by atoms with Crippen molar-refractivity contribution in [1.29, 1.82) is 0 Å². The molecule has 0 spiro atoms. The Morgan fingerprint density at radius 1 is 0.952 bits per heavy atom. The fourth-order valence-corrected chi connectivity index (χ4v) is 3.12. The summed E-state index contributed by atoms with van der Waals surface area (Å²) in [5, 5.41) is 3.56. The largest absolute Gasteiger partial charge is 0.463 e. The van der Waals surface area contributed by atoms with Crippen molar-refractivity contribution < 1.29 is 4.74 Å². The maximum absolute atomic E-state index is 5.89. The van der Waals surface area contributed by atoms with Gasteiger partial charge in [-0.3, -0.25) is 0 Å². The topological polar surface area (TPSA) is 33.6 Å². The van der Waals surface area contributed by atoms with E-state index in [1.165, 1.54) is 64.2 Å². The van der Waals surface area contributed by atoms with E-state index >= 15 is 0 Å². The number of nitrogens with zero attached hydrogens (tertiary/aromatic N) is 1. The van der Waals surface area contributed by atoms with Crippen LogP contribution >= 0.6 is 12.6 Å². The Morgan fingerprint density at radius 2 is 1.48 bits per heavy atom. The zero-order chi connectivity index (χ0) is 15.5. The van der Waals surface area contributed by atoms with Crippen molar-refractivity contribution in [1.82, 2.24) is 5.32 Å². The number of ether oxygens (including phenoxy) is 1. The second-order valence-electron chi connectivity index (χ2n) is 6.37.